The zero-order chi connectivity index (χ0) is 12.3. The summed E-state index contributed by atoms with van der Waals surface area (Å²) in [5.74, 6) is -1.82. The zero-order valence-electron chi connectivity index (χ0n) is 8.55. The lowest BCUT2D eigenvalue weighted by molar-refractivity contribution is -0.115. The number of rotatable bonds is 3. The van der Waals surface area contributed by atoms with Crippen LogP contribution in [-0.2, 0) is 11.2 Å². The van der Waals surface area contributed by atoms with Crippen LogP contribution in [0.15, 0.2) is 29.0 Å². The Morgan fingerprint density at radius 1 is 1.53 bits per heavy atom. The summed E-state index contributed by atoms with van der Waals surface area (Å²) in [5, 5.41) is 18.2. The smallest absolute Gasteiger partial charge is 0.322 e. The molecule has 0 bridgehead atoms. The third-order valence-corrected chi connectivity index (χ3v) is 2.02. The minimum absolute atomic E-state index is 0.0597. The minimum atomic E-state index is -0.812. The van der Waals surface area contributed by atoms with E-state index in [0.29, 0.717) is 0 Å². The van der Waals surface area contributed by atoms with Crippen LogP contribution in [0.3, 0.4) is 0 Å². The van der Waals surface area contributed by atoms with E-state index in [4.69, 9.17) is 9.52 Å². The first kappa shape index (κ1) is 11.1. The van der Waals surface area contributed by atoms with E-state index in [0.717, 1.165) is 6.39 Å². The predicted octanol–water partition coefficient (Wildman–Crippen LogP) is 1.10. The van der Waals surface area contributed by atoms with Gasteiger partial charge in [-0.15, -0.1) is 5.10 Å². The van der Waals surface area contributed by atoms with Crippen molar-refractivity contribution in [2.24, 2.45) is 0 Å². The van der Waals surface area contributed by atoms with Gasteiger partial charge in [0.1, 0.15) is 0 Å². The number of anilines is 1. The molecule has 0 atom stereocenters. The molecule has 0 saturated carbocycles. The van der Waals surface area contributed by atoms with Crippen LogP contribution in [0.4, 0.5) is 10.4 Å². The molecule has 17 heavy (non-hydrogen) atoms. The predicted molar refractivity (Wildman–Crippen MR) is 54.7 cm³/mol. The van der Waals surface area contributed by atoms with E-state index < -0.39 is 17.5 Å². The lowest BCUT2D eigenvalue weighted by Gasteiger charge is -2.03. The van der Waals surface area contributed by atoms with E-state index in [-0.39, 0.29) is 18.0 Å². The van der Waals surface area contributed by atoms with Crippen molar-refractivity contribution < 1.29 is 18.7 Å². The topological polar surface area (TPSA) is 88.2 Å². The summed E-state index contributed by atoms with van der Waals surface area (Å²) < 4.78 is 18.1. The molecule has 7 heteroatoms. The molecule has 1 heterocycles. The lowest BCUT2D eigenvalue weighted by atomic mass is 10.1. The van der Waals surface area contributed by atoms with Crippen LogP contribution < -0.4 is 5.32 Å². The van der Waals surface area contributed by atoms with Crippen molar-refractivity contribution in [3.05, 3.63) is 36.0 Å². The normalized spacial score (nSPS) is 10.2. The number of hydrogen-bond acceptors (Lipinski definition) is 5. The molecule has 0 aliphatic rings. The van der Waals surface area contributed by atoms with Crippen LogP contribution in [0.2, 0.25) is 0 Å². The molecule has 0 fully saturated rings. The van der Waals surface area contributed by atoms with Gasteiger partial charge < -0.3 is 9.52 Å². The van der Waals surface area contributed by atoms with Gasteiger partial charge in [-0.2, -0.15) is 0 Å². The van der Waals surface area contributed by atoms with Crippen molar-refractivity contribution >= 4 is 11.9 Å². The number of aromatic nitrogens is 2. The van der Waals surface area contributed by atoms with Crippen molar-refractivity contribution in [1.82, 2.24) is 10.2 Å². The Hall–Kier alpha value is -2.44. The number of benzene rings is 1. The van der Waals surface area contributed by atoms with Crippen molar-refractivity contribution in [1.29, 1.82) is 0 Å². The first-order valence-electron chi connectivity index (χ1n) is 4.69. The summed E-state index contributed by atoms with van der Waals surface area (Å²) in [6, 6.07) is 4.00. The second-order valence-corrected chi connectivity index (χ2v) is 3.22. The third kappa shape index (κ3) is 2.57. The molecule has 0 aliphatic heterocycles. The summed E-state index contributed by atoms with van der Waals surface area (Å²) >= 11 is 0. The van der Waals surface area contributed by atoms with Crippen molar-refractivity contribution in [2.75, 3.05) is 5.32 Å². The fourth-order valence-electron chi connectivity index (χ4n) is 1.27. The maximum atomic E-state index is 13.4. The number of halogens is 1. The van der Waals surface area contributed by atoms with Crippen LogP contribution in [0.1, 0.15) is 5.56 Å². The first-order valence-corrected chi connectivity index (χ1v) is 4.69. The Labute approximate surface area is 95.1 Å². The molecule has 1 amide bonds. The van der Waals surface area contributed by atoms with Gasteiger partial charge in [-0.05, 0) is 6.07 Å². The number of hydrogen-bond donors (Lipinski definition) is 2. The zero-order valence-corrected chi connectivity index (χ0v) is 8.55. The number of phenolic OH excluding ortho intramolecular Hbond substituents is 1. The van der Waals surface area contributed by atoms with Crippen LogP contribution in [0.25, 0.3) is 0 Å². The standard InChI is InChI=1S/C10H8FN3O3/c11-9-6(2-1-3-7(9)15)4-8(16)13-10-14-12-5-17-10/h1-3,5,15H,4H2,(H,13,14,16). The number of aromatic hydroxyl groups is 1. The molecule has 0 saturated heterocycles. The number of amides is 1. The average Bonchev–Trinajstić information content (AvgIpc) is 2.77. The number of phenols is 1. The number of nitrogens with one attached hydrogen (secondary N) is 1. The molecule has 2 N–H and O–H groups in total. The molecule has 88 valence electrons. The van der Waals surface area contributed by atoms with Gasteiger partial charge in [-0.3, -0.25) is 10.1 Å². The molecule has 2 rings (SSSR count). The number of nitrogens with zero attached hydrogens (tertiary/aromatic N) is 2. The highest BCUT2D eigenvalue weighted by Crippen LogP contribution is 2.19. The van der Waals surface area contributed by atoms with Gasteiger partial charge in [0.05, 0.1) is 6.42 Å². The summed E-state index contributed by atoms with van der Waals surface area (Å²) in [6.45, 7) is 0. The molecular formula is C10H8FN3O3. The Morgan fingerprint density at radius 3 is 3.06 bits per heavy atom. The van der Waals surface area contributed by atoms with E-state index in [1.54, 1.807) is 0 Å². The van der Waals surface area contributed by atoms with Crippen molar-refractivity contribution in [2.45, 2.75) is 6.42 Å². The SMILES string of the molecule is O=C(Cc1cccc(O)c1F)Nc1nnco1. The van der Waals surface area contributed by atoms with E-state index >= 15 is 0 Å². The van der Waals surface area contributed by atoms with Crippen LogP contribution >= 0.6 is 0 Å². The van der Waals surface area contributed by atoms with E-state index in [2.05, 4.69) is 15.5 Å². The maximum Gasteiger partial charge on any atom is 0.322 e. The van der Waals surface area contributed by atoms with Gasteiger partial charge in [0, 0.05) is 5.56 Å². The van der Waals surface area contributed by atoms with E-state index in [1.165, 1.54) is 18.2 Å². The molecule has 1 aromatic carbocycles. The molecule has 2 aromatic rings. The summed E-state index contributed by atoms with van der Waals surface area (Å²) in [6.07, 6.45) is 0.827. The molecule has 0 unspecified atom stereocenters. The van der Waals surface area contributed by atoms with Crippen molar-refractivity contribution in [3.8, 4) is 5.75 Å². The molecule has 0 radical (unpaired) electrons. The Balaban J connectivity index is 2.06. The van der Waals surface area contributed by atoms with E-state index in [9.17, 15) is 9.18 Å². The fraction of sp³-hybridized carbons (Fsp3) is 0.100. The minimum Gasteiger partial charge on any atom is -0.505 e. The molecular weight excluding hydrogens is 229 g/mol. The molecule has 0 spiro atoms. The average molecular weight is 237 g/mol. The van der Waals surface area contributed by atoms with Crippen LogP contribution in [0.5, 0.6) is 5.75 Å². The molecule has 1 aromatic heterocycles. The van der Waals surface area contributed by atoms with Gasteiger partial charge in [0.25, 0.3) is 0 Å². The lowest BCUT2D eigenvalue weighted by Crippen LogP contribution is -2.15. The maximum absolute atomic E-state index is 13.4. The fourth-order valence-corrected chi connectivity index (χ4v) is 1.27. The van der Waals surface area contributed by atoms with Gasteiger partial charge in [-0.1, -0.05) is 17.2 Å². The highest BCUT2D eigenvalue weighted by molar-refractivity contribution is 5.90. The Bertz CT molecular complexity index is 528. The number of carbonyl (C=O) groups is 1. The Kier molecular flexibility index (Phi) is 2.99. The molecule has 6 nitrogen and oxygen atoms in total. The third-order valence-electron chi connectivity index (χ3n) is 2.02. The van der Waals surface area contributed by atoms with Gasteiger partial charge in [-0.25, -0.2) is 4.39 Å². The molecule has 0 aliphatic carbocycles. The second-order valence-electron chi connectivity index (χ2n) is 3.22. The highest BCUT2D eigenvalue weighted by atomic mass is 19.1. The largest absolute Gasteiger partial charge is 0.505 e. The van der Waals surface area contributed by atoms with E-state index in [1.807, 2.05) is 0 Å². The summed E-state index contributed by atoms with van der Waals surface area (Å²) in [4.78, 5) is 11.5. The van der Waals surface area contributed by atoms with Crippen molar-refractivity contribution in [3.63, 3.8) is 0 Å². The van der Waals surface area contributed by atoms with Gasteiger partial charge in [0.2, 0.25) is 12.3 Å². The van der Waals surface area contributed by atoms with Crippen LogP contribution in [0, 0.1) is 5.82 Å². The quantitative estimate of drug-likeness (QED) is 0.834. The Morgan fingerprint density at radius 2 is 2.35 bits per heavy atom. The highest BCUT2D eigenvalue weighted by Gasteiger charge is 2.12. The van der Waals surface area contributed by atoms with Crippen LogP contribution in [-0.4, -0.2) is 21.2 Å². The summed E-state index contributed by atoms with van der Waals surface area (Å²) in [5.41, 5.74) is 0.0852. The first-order chi connectivity index (χ1) is 8.16. The second kappa shape index (κ2) is 4.60. The van der Waals surface area contributed by atoms with Gasteiger partial charge >= 0.3 is 6.01 Å². The van der Waals surface area contributed by atoms with Gasteiger partial charge in [0.15, 0.2) is 11.6 Å². The number of carbonyl (C=O) groups excluding carboxylic acids is 1. The monoisotopic (exact) mass is 237 g/mol. The summed E-state index contributed by atoms with van der Waals surface area (Å²) in [7, 11) is 0.